The number of nitrogens with one attached hydrogen (secondary N) is 1. The fraction of sp³-hybridized carbons (Fsp3) is 0.400. The minimum Gasteiger partial charge on any atom is -0.489 e. The lowest BCUT2D eigenvalue weighted by molar-refractivity contribution is 0.0770. The highest BCUT2D eigenvalue weighted by molar-refractivity contribution is 5.29. The molecule has 1 N–H and O–H groups in total. The zero-order valence-electron chi connectivity index (χ0n) is 14.1. The van der Waals surface area contributed by atoms with Crippen molar-refractivity contribution in [2.24, 2.45) is 0 Å². The predicted octanol–water partition coefficient (Wildman–Crippen LogP) is 4.17. The second kappa shape index (κ2) is 10.0. The van der Waals surface area contributed by atoms with Crippen molar-refractivity contribution in [3.63, 3.8) is 0 Å². The molecule has 0 spiro atoms. The maximum atomic E-state index is 5.86. The Balaban J connectivity index is 1.70. The Morgan fingerprint density at radius 3 is 2.52 bits per heavy atom. The van der Waals surface area contributed by atoms with E-state index in [1.54, 1.807) is 0 Å². The van der Waals surface area contributed by atoms with E-state index >= 15 is 0 Å². The van der Waals surface area contributed by atoms with Gasteiger partial charge in [-0.2, -0.15) is 0 Å². The number of hydrogen-bond donors (Lipinski definition) is 1. The highest BCUT2D eigenvalue weighted by Crippen LogP contribution is 2.15. The molecular weight excluding hydrogens is 286 g/mol. The number of benzene rings is 2. The van der Waals surface area contributed by atoms with Crippen LogP contribution in [0.5, 0.6) is 5.75 Å². The second-order valence-corrected chi connectivity index (χ2v) is 5.87. The smallest absolute Gasteiger partial charge is 0.120 e. The van der Waals surface area contributed by atoms with Gasteiger partial charge in [0.25, 0.3) is 0 Å². The summed E-state index contributed by atoms with van der Waals surface area (Å²) in [6.07, 6.45) is 1.34. The van der Waals surface area contributed by atoms with Crippen LogP contribution in [-0.2, 0) is 17.9 Å². The fourth-order valence-corrected chi connectivity index (χ4v) is 2.24. The van der Waals surface area contributed by atoms with Crippen molar-refractivity contribution in [2.75, 3.05) is 13.2 Å². The van der Waals surface area contributed by atoms with Gasteiger partial charge in [0.05, 0.1) is 6.10 Å². The third kappa shape index (κ3) is 7.31. The molecule has 0 saturated heterocycles. The van der Waals surface area contributed by atoms with Gasteiger partial charge in [-0.05, 0) is 50.1 Å². The molecule has 3 heteroatoms. The molecule has 0 saturated carbocycles. The van der Waals surface area contributed by atoms with Crippen LogP contribution in [0.4, 0.5) is 0 Å². The van der Waals surface area contributed by atoms with Crippen molar-refractivity contribution in [2.45, 2.75) is 39.5 Å². The maximum absolute atomic E-state index is 5.86. The van der Waals surface area contributed by atoms with Crippen LogP contribution in [0.1, 0.15) is 31.4 Å². The molecule has 124 valence electrons. The van der Waals surface area contributed by atoms with Gasteiger partial charge < -0.3 is 14.8 Å². The van der Waals surface area contributed by atoms with E-state index in [2.05, 4.69) is 43.4 Å². The average molecular weight is 313 g/mol. The van der Waals surface area contributed by atoms with E-state index in [1.807, 2.05) is 30.3 Å². The monoisotopic (exact) mass is 313 g/mol. The van der Waals surface area contributed by atoms with Crippen molar-refractivity contribution in [3.05, 3.63) is 65.7 Å². The molecule has 0 aliphatic heterocycles. The molecular formula is C20H27NO2. The van der Waals surface area contributed by atoms with E-state index in [0.717, 1.165) is 31.9 Å². The van der Waals surface area contributed by atoms with E-state index in [1.165, 1.54) is 11.1 Å². The largest absolute Gasteiger partial charge is 0.489 e. The quantitative estimate of drug-likeness (QED) is 0.668. The number of hydrogen-bond acceptors (Lipinski definition) is 3. The Bertz CT molecular complexity index is 555. The zero-order chi connectivity index (χ0) is 16.3. The normalized spacial score (nSPS) is 10.9. The Morgan fingerprint density at radius 2 is 1.74 bits per heavy atom. The van der Waals surface area contributed by atoms with Gasteiger partial charge in [0.2, 0.25) is 0 Å². The van der Waals surface area contributed by atoms with E-state index in [4.69, 9.17) is 9.47 Å². The Labute approximate surface area is 139 Å². The van der Waals surface area contributed by atoms with Gasteiger partial charge in [-0.1, -0.05) is 42.5 Å². The first-order valence-electron chi connectivity index (χ1n) is 8.32. The lowest BCUT2D eigenvalue weighted by atomic mass is 10.2. The van der Waals surface area contributed by atoms with Gasteiger partial charge in [0.1, 0.15) is 12.4 Å². The Morgan fingerprint density at radius 1 is 0.957 bits per heavy atom. The van der Waals surface area contributed by atoms with Crippen LogP contribution in [0.15, 0.2) is 54.6 Å². The van der Waals surface area contributed by atoms with Gasteiger partial charge in [0, 0.05) is 13.2 Å². The third-order valence-electron chi connectivity index (χ3n) is 3.42. The van der Waals surface area contributed by atoms with Crippen LogP contribution in [0.25, 0.3) is 0 Å². The highest BCUT2D eigenvalue weighted by atomic mass is 16.5. The SMILES string of the molecule is CC(C)OCCCNCc1cccc(OCc2ccccc2)c1. The zero-order valence-corrected chi connectivity index (χ0v) is 14.1. The second-order valence-electron chi connectivity index (χ2n) is 5.87. The molecule has 23 heavy (non-hydrogen) atoms. The van der Waals surface area contributed by atoms with Gasteiger partial charge in [-0.15, -0.1) is 0 Å². The van der Waals surface area contributed by atoms with Gasteiger partial charge >= 0.3 is 0 Å². The van der Waals surface area contributed by atoms with Gasteiger partial charge in [0.15, 0.2) is 0 Å². The summed E-state index contributed by atoms with van der Waals surface area (Å²) >= 11 is 0. The molecule has 2 aromatic rings. The fourth-order valence-electron chi connectivity index (χ4n) is 2.24. The number of ether oxygens (including phenoxy) is 2. The minimum absolute atomic E-state index is 0.313. The van der Waals surface area contributed by atoms with Crippen molar-refractivity contribution in [1.29, 1.82) is 0 Å². The first-order valence-corrected chi connectivity index (χ1v) is 8.32. The summed E-state index contributed by atoms with van der Waals surface area (Å²) in [4.78, 5) is 0. The van der Waals surface area contributed by atoms with Crippen molar-refractivity contribution >= 4 is 0 Å². The molecule has 0 amide bonds. The topological polar surface area (TPSA) is 30.5 Å². The lowest BCUT2D eigenvalue weighted by Crippen LogP contribution is -2.17. The summed E-state index contributed by atoms with van der Waals surface area (Å²) in [7, 11) is 0. The molecule has 0 heterocycles. The Kier molecular flexibility index (Phi) is 7.64. The molecule has 0 aliphatic carbocycles. The Hall–Kier alpha value is -1.84. The van der Waals surface area contributed by atoms with Crippen LogP contribution >= 0.6 is 0 Å². The van der Waals surface area contributed by atoms with Gasteiger partial charge in [-0.3, -0.25) is 0 Å². The van der Waals surface area contributed by atoms with Crippen molar-refractivity contribution < 1.29 is 9.47 Å². The third-order valence-corrected chi connectivity index (χ3v) is 3.42. The summed E-state index contributed by atoms with van der Waals surface area (Å²) < 4.78 is 11.4. The van der Waals surface area contributed by atoms with E-state index in [9.17, 15) is 0 Å². The van der Waals surface area contributed by atoms with E-state index in [0.29, 0.717) is 12.7 Å². The summed E-state index contributed by atoms with van der Waals surface area (Å²) in [5.74, 6) is 0.913. The predicted molar refractivity (Wildman–Crippen MR) is 94.6 cm³/mol. The summed E-state index contributed by atoms with van der Waals surface area (Å²) in [5, 5.41) is 3.44. The molecule has 0 fully saturated rings. The van der Waals surface area contributed by atoms with Crippen LogP contribution in [-0.4, -0.2) is 19.3 Å². The molecule has 2 rings (SSSR count). The van der Waals surface area contributed by atoms with Crippen molar-refractivity contribution in [3.8, 4) is 5.75 Å². The number of rotatable bonds is 10. The van der Waals surface area contributed by atoms with E-state index in [-0.39, 0.29) is 0 Å². The summed E-state index contributed by atoms with van der Waals surface area (Å²) in [6, 6.07) is 18.5. The van der Waals surface area contributed by atoms with E-state index < -0.39 is 0 Å². The molecule has 0 radical (unpaired) electrons. The molecule has 2 aromatic carbocycles. The minimum atomic E-state index is 0.313. The van der Waals surface area contributed by atoms with Crippen LogP contribution in [0.2, 0.25) is 0 Å². The summed E-state index contributed by atoms with van der Waals surface area (Å²) in [5.41, 5.74) is 2.42. The first kappa shape index (κ1) is 17.5. The standard InChI is InChI=1S/C20H27NO2/c1-17(2)22-13-7-12-21-15-19-10-6-11-20(14-19)23-16-18-8-4-3-5-9-18/h3-6,8-11,14,17,21H,7,12-13,15-16H2,1-2H3. The van der Waals surface area contributed by atoms with Crippen LogP contribution < -0.4 is 10.1 Å². The maximum Gasteiger partial charge on any atom is 0.120 e. The molecule has 0 aliphatic rings. The van der Waals surface area contributed by atoms with Crippen LogP contribution in [0.3, 0.4) is 0 Å². The summed E-state index contributed by atoms with van der Waals surface area (Å²) in [6.45, 7) is 7.35. The van der Waals surface area contributed by atoms with Crippen molar-refractivity contribution in [1.82, 2.24) is 5.32 Å². The molecule has 0 bridgehead atoms. The lowest BCUT2D eigenvalue weighted by Gasteiger charge is -2.10. The van der Waals surface area contributed by atoms with Gasteiger partial charge in [-0.25, -0.2) is 0 Å². The molecule has 0 atom stereocenters. The molecule has 0 aromatic heterocycles. The molecule has 0 unspecified atom stereocenters. The first-order chi connectivity index (χ1) is 11.2. The molecule has 3 nitrogen and oxygen atoms in total. The van der Waals surface area contributed by atoms with Crippen LogP contribution in [0, 0.1) is 0 Å². The highest BCUT2D eigenvalue weighted by Gasteiger charge is 1.99. The average Bonchev–Trinajstić information content (AvgIpc) is 2.57.